The summed E-state index contributed by atoms with van der Waals surface area (Å²) in [7, 11) is -14.7. The number of nitrogens with one attached hydrogen (secondary N) is 1. The van der Waals surface area contributed by atoms with E-state index >= 15 is 0 Å². The lowest BCUT2D eigenvalue weighted by atomic mass is 9.89. The number of nitrogen functional groups attached to an aromatic ring is 2. The number of nitrogens with two attached hydrogens (primary N) is 2. The molecule has 0 radical (unpaired) electrons. The summed E-state index contributed by atoms with van der Waals surface area (Å²) in [6.07, 6.45) is 3.07. The first-order valence-corrected chi connectivity index (χ1v) is 13.7. The highest BCUT2D eigenvalue weighted by Crippen LogP contribution is 2.39. The van der Waals surface area contributed by atoms with Gasteiger partial charge in [-0.15, -0.1) is 0 Å². The van der Waals surface area contributed by atoms with E-state index in [0.717, 1.165) is 24.3 Å². The maximum absolute atomic E-state index is 12.3. The lowest BCUT2D eigenvalue weighted by molar-refractivity contribution is 0.481. The first kappa shape index (κ1) is 26.3. The smallest absolute Gasteiger partial charge is 0.297 e. The molecule has 0 aromatic heterocycles. The van der Waals surface area contributed by atoms with Gasteiger partial charge in [-0.2, -0.15) is 25.3 Å². The minimum Gasteiger partial charge on any atom is -0.398 e. The molecule has 0 unspecified atom stereocenters. The minimum absolute atomic E-state index is 0.0843. The van der Waals surface area contributed by atoms with E-state index in [1.807, 2.05) is 0 Å². The predicted octanol–water partition coefficient (Wildman–Crippen LogP) is 1.82. The van der Waals surface area contributed by atoms with Crippen LogP contribution in [0.4, 0.5) is 11.4 Å². The van der Waals surface area contributed by atoms with Crippen molar-refractivity contribution in [2.24, 2.45) is 0 Å². The van der Waals surface area contributed by atoms with Crippen molar-refractivity contribution in [3.63, 3.8) is 0 Å². The Labute approximate surface area is 201 Å². The van der Waals surface area contributed by atoms with Gasteiger partial charge in [0.25, 0.3) is 30.4 Å². The Morgan fingerprint density at radius 2 is 1.49 bits per heavy atom. The van der Waals surface area contributed by atoms with E-state index in [-0.39, 0.29) is 39.2 Å². The first-order valence-electron chi connectivity index (χ1n) is 9.37. The lowest BCUT2D eigenvalue weighted by Gasteiger charge is -2.20. The van der Waals surface area contributed by atoms with Crippen molar-refractivity contribution in [2.75, 3.05) is 11.5 Å². The van der Waals surface area contributed by atoms with Gasteiger partial charge in [0.05, 0.1) is 17.1 Å². The Morgan fingerprint density at radius 1 is 0.857 bits per heavy atom. The highest BCUT2D eigenvalue weighted by Gasteiger charge is 2.28. The van der Waals surface area contributed by atoms with Crippen LogP contribution in [0.15, 0.2) is 68.8 Å². The van der Waals surface area contributed by atoms with Crippen molar-refractivity contribution in [2.45, 2.75) is 16.7 Å². The zero-order valence-corrected chi connectivity index (χ0v) is 20.2. The van der Waals surface area contributed by atoms with Crippen molar-refractivity contribution >= 4 is 53.0 Å². The fourth-order valence-electron chi connectivity index (χ4n) is 3.45. The van der Waals surface area contributed by atoms with Crippen LogP contribution >= 0.6 is 0 Å². The van der Waals surface area contributed by atoms with Crippen LogP contribution in [0.5, 0.6) is 0 Å². The molecule has 2 aromatic carbocycles. The van der Waals surface area contributed by atoms with Gasteiger partial charge in [-0.05, 0) is 53.5 Å². The molecule has 186 valence electrons. The second kappa shape index (κ2) is 8.71. The molecule has 0 saturated carbocycles. The zero-order chi connectivity index (χ0) is 26.5. The third kappa shape index (κ3) is 5.19. The summed E-state index contributed by atoms with van der Waals surface area (Å²) in [5.41, 5.74) is 10.00. The Balaban J connectivity index is 2.59. The molecular formula is C20H19N3O9S3. The van der Waals surface area contributed by atoms with E-state index in [1.54, 1.807) is 0 Å². The molecule has 0 aliphatic heterocycles. The zero-order valence-electron chi connectivity index (χ0n) is 17.8. The summed E-state index contributed by atoms with van der Waals surface area (Å²) in [4.78, 5) is -2.30. The van der Waals surface area contributed by atoms with Crippen LogP contribution in [-0.4, -0.2) is 44.6 Å². The second-order valence-corrected chi connectivity index (χ2v) is 11.6. The average Bonchev–Trinajstić information content (AvgIpc) is 2.70. The van der Waals surface area contributed by atoms with E-state index in [2.05, 4.69) is 0 Å². The predicted molar refractivity (Wildman–Crippen MR) is 129 cm³/mol. The van der Waals surface area contributed by atoms with Gasteiger partial charge in [0.2, 0.25) is 0 Å². The number of hydrogen-bond donors (Lipinski definition) is 6. The number of benzene rings is 2. The highest BCUT2D eigenvalue weighted by molar-refractivity contribution is 7.91. The lowest BCUT2D eigenvalue weighted by Crippen LogP contribution is -2.14. The molecule has 3 rings (SSSR count). The van der Waals surface area contributed by atoms with Gasteiger partial charge in [-0.25, -0.2) is 0 Å². The number of anilines is 2. The van der Waals surface area contributed by atoms with E-state index in [9.17, 15) is 38.9 Å². The summed E-state index contributed by atoms with van der Waals surface area (Å²) in [5.74, 6) is 0. The van der Waals surface area contributed by atoms with E-state index in [0.29, 0.717) is 0 Å². The second-order valence-electron chi connectivity index (χ2n) is 7.44. The molecule has 2 aromatic rings. The Morgan fingerprint density at radius 3 is 2.03 bits per heavy atom. The van der Waals surface area contributed by atoms with Crippen LogP contribution in [0, 0.1) is 12.3 Å². The van der Waals surface area contributed by atoms with Crippen molar-refractivity contribution in [1.82, 2.24) is 0 Å². The molecule has 0 spiro atoms. The van der Waals surface area contributed by atoms with Crippen LogP contribution in [0.25, 0.3) is 5.57 Å². The third-order valence-corrected chi connectivity index (χ3v) is 7.83. The maximum atomic E-state index is 12.3. The van der Waals surface area contributed by atoms with Crippen molar-refractivity contribution in [1.29, 1.82) is 5.41 Å². The molecule has 0 fully saturated rings. The van der Waals surface area contributed by atoms with Crippen LogP contribution < -0.4 is 11.5 Å². The molecule has 0 bridgehead atoms. The quantitative estimate of drug-likeness (QED) is 0.235. The Bertz CT molecular complexity index is 1700. The Kier molecular flexibility index (Phi) is 6.53. The normalized spacial score (nSPS) is 16.2. The van der Waals surface area contributed by atoms with Gasteiger partial charge >= 0.3 is 0 Å². The van der Waals surface area contributed by atoms with Crippen LogP contribution in [-0.2, 0) is 30.4 Å². The van der Waals surface area contributed by atoms with E-state index in [1.165, 1.54) is 31.2 Å². The van der Waals surface area contributed by atoms with E-state index < -0.39 is 50.8 Å². The van der Waals surface area contributed by atoms with E-state index in [4.69, 9.17) is 16.9 Å². The molecule has 8 N–H and O–H groups in total. The molecule has 15 heteroatoms. The van der Waals surface area contributed by atoms with Gasteiger partial charge < -0.3 is 11.5 Å². The van der Waals surface area contributed by atoms with Crippen molar-refractivity contribution in [3.05, 3.63) is 75.7 Å². The molecule has 1 aliphatic carbocycles. The molecule has 0 amide bonds. The molecule has 0 atom stereocenters. The van der Waals surface area contributed by atoms with Crippen molar-refractivity contribution in [3.8, 4) is 0 Å². The van der Waals surface area contributed by atoms with Gasteiger partial charge in [0.15, 0.2) is 0 Å². The topological polar surface area (TPSA) is 239 Å². The van der Waals surface area contributed by atoms with Gasteiger partial charge in [-0.1, -0.05) is 24.3 Å². The maximum Gasteiger partial charge on any atom is 0.297 e. The van der Waals surface area contributed by atoms with Crippen molar-refractivity contribution < 1.29 is 38.9 Å². The fraction of sp³-hybridized carbons (Fsp3) is 0.0500. The summed E-state index contributed by atoms with van der Waals surface area (Å²) in [5, 5.41) is 7.79. The number of hydrogen-bond acceptors (Lipinski definition) is 9. The molecule has 0 heterocycles. The average molecular weight is 542 g/mol. The molecule has 12 nitrogen and oxygen atoms in total. The molecular weight excluding hydrogens is 522 g/mol. The van der Waals surface area contributed by atoms with Gasteiger partial charge in [-0.3, -0.25) is 19.1 Å². The molecule has 1 aliphatic rings. The third-order valence-electron chi connectivity index (χ3n) is 5.07. The van der Waals surface area contributed by atoms with Gasteiger partial charge in [0.1, 0.15) is 14.7 Å². The van der Waals surface area contributed by atoms with Crippen LogP contribution in [0.1, 0.15) is 16.7 Å². The Hall–Kier alpha value is -3.34. The number of rotatable bonds is 5. The largest absolute Gasteiger partial charge is 0.398 e. The van der Waals surface area contributed by atoms with Gasteiger partial charge in [0, 0.05) is 5.56 Å². The number of aryl methyl sites for hydroxylation is 1. The summed E-state index contributed by atoms with van der Waals surface area (Å²) in [6.45, 7) is 1.47. The summed E-state index contributed by atoms with van der Waals surface area (Å²) < 4.78 is 101. The molecule has 35 heavy (non-hydrogen) atoms. The van der Waals surface area contributed by atoms with Crippen LogP contribution in [0.2, 0.25) is 0 Å². The van der Waals surface area contributed by atoms with Crippen LogP contribution in [0.3, 0.4) is 0 Å². The first-order chi connectivity index (χ1) is 15.9. The highest BCUT2D eigenvalue weighted by atomic mass is 32.2. The summed E-state index contributed by atoms with van der Waals surface area (Å²) in [6, 6.07) is 5.92. The minimum atomic E-state index is -4.98. The molecule has 0 saturated heterocycles. The SMILES string of the molecule is Cc1ccc(C(=C2C=CC(=N)C(S(=O)(=O)O)=C2)c2ccc(N)c(S(=O)(=O)O)c2)c(S(=O)(=O)O)c1N. The monoisotopic (exact) mass is 541 g/mol. The number of allylic oxidation sites excluding steroid dienone is 5. The summed E-state index contributed by atoms with van der Waals surface area (Å²) >= 11 is 0. The fourth-order valence-corrected chi connectivity index (χ4v) is 5.61. The standard InChI is InChI=1S/C20H19N3O9S3/c1-10-2-5-13(20(19(10)23)35(30,31)32)18(11-3-6-14(21)16(8-11)33(24,25)26)12-4-7-15(22)17(9-12)34(27,28)29/h2-9,21H,22-23H2,1H3,(H,24,25,26)(H,27,28,29)(H,30,31,32).